The number of hydrogen-bond acceptors (Lipinski definition) is 3. The van der Waals surface area contributed by atoms with Crippen LogP contribution >= 0.6 is 0 Å². The van der Waals surface area contributed by atoms with Crippen molar-refractivity contribution in [2.75, 3.05) is 26.8 Å². The first-order valence-corrected chi connectivity index (χ1v) is 7.80. The zero-order valence-electron chi connectivity index (χ0n) is 12.8. The van der Waals surface area contributed by atoms with Gasteiger partial charge in [0.2, 0.25) is 0 Å². The van der Waals surface area contributed by atoms with Gasteiger partial charge in [-0.2, -0.15) is 0 Å². The molecule has 3 nitrogen and oxygen atoms in total. The van der Waals surface area contributed by atoms with Crippen molar-refractivity contribution < 1.29 is 9.47 Å². The van der Waals surface area contributed by atoms with E-state index >= 15 is 0 Å². The highest BCUT2D eigenvalue weighted by Gasteiger charge is 2.38. The lowest BCUT2D eigenvalue weighted by Crippen LogP contribution is -2.49. The minimum absolute atomic E-state index is 0.545. The number of nitrogens with zero attached hydrogens (tertiary/aromatic N) is 1. The Balaban J connectivity index is 1.96. The lowest BCUT2D eigenvalue weighted by molar-refractivity contribution is 0.0642. The van der Waals surface area contributed by atoms with Crippen molar-refractivity contribution >= 4 is 0 Å². The van der Waals surface area contributed by atoms with E-state index in [2.05, 4.69) is 30.9 Å². The summed E-state index contributed by atoms with van der Waals surface area (Å²) in [6.07, 6.45) is 3.78. The third kappa shape index (κ3) is 2.18. The molecule has 2 aliphatic heterocycles. The zero-order valence-corrected chi connectivity index (χ0v) is 12.8. The first-order chi connectivity index (χ1) is 9.76. The van der Waals surface area contributed by atoms with Gasteiger partial charge in [-0.05, 0) is 44.8 Å². The maximum atomic E-state index is 6.11. The highest BCUT2D eigenvalue weighted by Crippen LogP contribution is 2.46. The second kappa shape index (κ2) is 5.65. The van der Waals surface area contributed by atoms with Gasteiger partial charge >= 0.3 is 0 Å². The van der Waals surface area contributed by atoms with Crippen molar-refractivity contribution in [2.24, 2.45) is 0 Å². The van der Waals surface area contributed by atoms with Crippen LogP contribution in [0.2, 0.25) is 0 Å². The van der Waals surface area contributed by atoms with Gasteiger partial charge in [0.05, 0.1) is 13.2 Å². The molecule has 0 bridgehead atoms. The van der Waals surface area contributed by atoms with Crippen LogP contribution in [-0.4, -0.2) is 37.7 Å². The van der Waals surface area contributed by atoms with E-state index in [4.69, 9.17) is 9.47 Å². The summed E-state index contributed by atoms with van der Waals surface area (Å²) >= 11 is 0. The summed E-state index contributed by atoms with van der Waals surface area (Å²) in [5, 5.41) is 0. The lowest BCUT2D eigenvalue weighted by atomic mass is 9.81. The summed E-state index contributed by atoms with van der Waals surface area (Å²) in [5.41, 5.74) is 2.51. The van der Waals surface area contributed by atoms with Crippen LogP contribution in [0.3, 0.4) is 0 Å². The molecule has 0 spiro atoms. The topological polar surface area (TPSA) is 21.7 Å². The number of piperidine rings is 1. The van der Waals surface area contributed by atoms with Crippen LogP contribution in [-0.2, 0) is 0 Å². The van der Waals surface area contributed by atoms with Crippen molar-refractivity contribution in [3.8, 4) is 11.5 Å². The number of likely N-dealkylation sites (tertiary alicyclic amines) is 1. The number of ether oxygens (including phenoxy) is 2. The van der Waals surface area contributed by atoms with Crippen LogP contribution < -0.4 is 9.47 Å². The lowest BCUT2D eigenvalue weighted by Gasteiger charge is -2.44. The van der Waals surface area contributed by atoms with Gasteiger partial charge in [-0.25, -0.2) is 0 Å². The molecule has 2 aliphatic rings. The van der Waals surface area contributed by atoms with Gasteiger partial charge in [-0.15, -0.1) is 0 Å². The summed E-state index contributed by atoms with van der Waals surface area (Å²) in [6, 6.07) is 4.96. The van der Waals surface area contributed by atoms with Crippen LogP contribution in [0.25, 0.3) is 0 Å². The molecule has 3 rings (SSSR count). The molecule has 1 aromatic rings. The SMILES string of the molecule is CCCN1CCC[C@@H]2c3ccc(C)c(OC)c3OC[C@H]21. The summed E-state index contributed by atoms with van der Waals surface area (Å²) in [5.74, 6) is 2.52. The van der Waals surface area contributed by atoms with Crippen LogP contribution in [0.4, 0.5) is 0 Å². The Kier molecular flexibility index (Phi) is 3.88. The van der Waals surface area contributed by atoms with Crippen molar-refractivity contribution in [2.45, 2.75) is 45.1 Å². The molecule has 1 saturated heterocycles. The molecule has 0 N–H and O–H groups in total. The van der Waals surface area contributed by atoms with Gasteiger partial charge in [0.25, 0.3) is 0 Å². The van der Waals surface area contributed by atoms with Crippen LogP contribution in [0, 0.1) is 6.92 Å². The summed E-state index contributed by atoms with van der Waals surface area (Å²) in [4.78, 5) is 2.61. The average Bonchev–Trinajstić information content (AvgIpc) is 2.47. The number of fused-ring (bicyclic) bond motifs is 3. The molecule has 0 unspecified atom stereocenters. The second-order valence-electron chi connectivity index (χ2n) is 6.00. The number of rotatable bonds is 3. The number of methoxy groups -OCH3 is 1. The van der Waals surface area contributed by atoms with E-state index in [1.54, 1.807) is 7.11 Å². The average molecular weight is 275 g/mol. The molecule has 0 aromatic heterocycles. The summed E-state index contributed by atoms with van der Waals surface area (Å²) in [7, 11) is 1.74. The van der Waals surface area contributed by atoms with E-state index in [9.17, 15) is 0 Å². The Hall–Kier alpha value is -1.22. The fraction of sp³-hybridized carbons (Fsp3) is 0.647. The Morgan fingerprint density at radius 1 is 1.40 bits per heavy atom. The zero-order chi connectivity index (χ0) is 14.1. The van der Waals surface area contributed by atoms with Crippen molar-refractivity contribution in [3.63, 3.8) is 0 Å². The molecule has 2 atom stereocenters. The van der Waals surface area contributed by atoms with E-state index in [-0.39, 0.29) is 0 Å². The van der Waals surface area contributed by atoms with Gasteiger partial charge in [-0.3, -0.25) is 4.90 Å². The molecule has 1 fully saturated rings. The molecule has 1 aromatic carbocycles. The first-order valence-electron chi connectivity index (χ1n) is 7.80. The molecule has 110 valence electrons. The quantitative estimate of drug-likeness (QED) is 0.844. The molecular formula is C17H25NO2. The predicted molar refractivity (Wildman–Crippen MR) is 80.9 cm³/mol. The van der Waals surface area contributed by atoms with Crippen molar-refractivity contribution in [3.05, 3.63) is 23.3 Å². The van der Waals surface area contributed by atoms with Crippen molar-refractivity contribution in [1.82, 2.24) is 4.90 Å². The highest BCUT2D eigenvalue weighted by molar-refractivity contribution is 5.54. The molecule has 20 heavy (non-hydrogen) atoms. The largest absolute Gasteiger partial charge is 0.493 e. The molecule has 3 heteroatoms. The summed E-state index contributed by atoms with van der Waals surface area (Å²) < 4.78 is 11.7. The molecule has 0 amide bonds. The normalized spacial score (nSPS) is 25.6. The third-order valence-electron chi connectivity index (χ3n) is 4.75. The molecular weight excluding hydrogens is 250 g/mol. The maximum Gasteiger partial charge on any atom is 0.165 e. The van der Waals surface area contributed by atoms with Crippen LogP contribution in [0.1, 0.15) is 43.2 Å². The van der Waals surface area contributed by atoms with Crippen LogP contribution in [0.5, 0.6) is 11.5 Å². The van der Waals surface area contributed by atoms with E-state index < -0.39 is 0 Å². The van der Waals surface area contributed by atoms with Gasteiger partial charge in [0.1, 0.15) is 6.61 Å². The van der Waals surface area contributed by atoms with E-state index in [0.717, 1.165) is 23.7 Å². The maximum absolute atomic E-state index is 6.11. The standard InChI is InChI=1S/C17H25NO2/c1-4-9-18-10-5-6-13-14-8-7-12(2)16(19-3)17(14)20-11-15(13)18/h7-8,13,15H,4-6,9-11H2,1-3H3/t13-,15-/m1/s1. The van der Waals surface area contributed by atoms with Gasteiger partial charge in [0, 0.05) is 11.5 Å². The third-order valence-corrected chi connectivity index (χ3v) is 4.75. The van der Waals surface area contributed by atoms with E-state index in [1.165, 1.54) is 37.9 Å². The predicted octanol–water partition coefficient (Wildman–Crippen LogP) is 3.35. The second-order valence-corrected chi connectivity index (χ2v) is 6.00. The monoisotopic (exact) mass is 275 g/mol. The van der Waals surface area contributed by atoms with Gasteiger partial charge < -0.3 is 9.47 Å². The van der Waals surface area contributed by atoms with E-state index in [1.807, 2.05) is 0 Å². The van der Waals surface area contributed by atoms with Crippen LogP contribution in [0.15, 0.2) is 12.1 Å². The fourth-order valence-corrected chi connectivity index (χ4v) is 3.82. The van der Waals surface area contributed by atoms with Gasteiger partial charge in [-0.1, -0.05) is 19.1 Å². The Morgan fingerprint density at radius 3 is 3.00 bits per heavy atom. The minimum atomic E-state index is 0.545. The van der Waals surface area contributed by atoms with E-state index in [0.29, 0.717) is 12.0 Å². The number of aryl methyl sites for hydroxylation is 1. The fourth-order valence-electron chi connectivity index (χ4n) is 3.82. The molecule has 0 aliphatic carbocycles. The molecule has 2 heterocycles. The molecule has 0 radical (unpaired) electrons. The molecule has 0 saturated carbocycles. The smallest absolute Gasteiger partial charge is 0.165 e. The Bertz CT molecular complexity index is 484. The van der Waals surface area contributed by atoms with Gasteiger partial charge in [0.15, 0.2) is 11.5 Å². The Labute approximate surface area is 121 Å². The Morgan fingerprint density at radius 2 is 2.25 bits per heavy atom. The first kappa shape index (κ1) is 13.7. The number of hydrogen-bond donors (Lipinski definition) is 0. The summed E-state index contributed by atoms with van der Waals surface area (Å²) in [6.45, 7) is 7.55. The minimum Gasteiger partial charge on any atom is -0.493 e. The highest BCUT2D eigenvalue weighted by atomic mass is 16.5. The van der Waals surface area contributed by atoms with Crippen molar-refractivity contribution in [1.29, 1.82) is 0 Å². The number of benzene rings is 1.